The van der Waals surface area contributed by atoms with Crippen molar-refractivity contribution in [3.8, 4) is 0 Å². The van der Waals surface area contributed by atoms with Crippen molar-refractivity contribution in [3.63, 3.8) is 0 Å². The largest absolute Gasteiger partial charge is 0.399 e. The highest BCUT2D eigenvalue weighted by atomic mass is 15.3. The van der Waals surface area contributed by atoms with E-state index in [-0.39, 0.29) is 0 Å². The lowest BCUT2D eigenvalue weighted by Crippen LogP contribution is -2.28. The van der Waals surface area contributed by atoms with E-state index in [1.54, 1.807) is 0 Å². The van der Waals surface area contributed by atoms with Crippen molar-refractivity contribution in [2.75, 3.05) is 18.8 Å². The lowest BCUT2D eigenvalue weighted by Gasteiger charge is -2.21. The standard InChI is InChI=1S/C15H22N4/c1-2-8-18(10-11-19-9-4-7-17-19)13-14-5-3-6-15(16)12-14/h3-7,9,12H,2,8,10-11,13,16H2,1H3. The van der Waals surface area contributed by atoms with E-state index in [0.717, 1.165) is 38.3 Å². The van der Waals surface area contributed by atoms with E-state index in [9.17, 15) is 0 Å². The number of nitrogens with zero attached hydrogens (tertiary/aromatic N) is 3. The van der Waals surface area contributed by atoms with Gasteiger partial charge in [-0.15, -0.1) is 0 Å². The van der Waals surface area contributed by atoms with Crippen LogP contribution in [0, 0.1) is 0 Å². The summed E-state index contributed by atoms with van der Waals surface area (Å²) in [4.78, 5) is 2.44. The maximum atomic E-state index is 5.83. The van der Waals surface area contributed by atoms with Gasteiger partial charge in [-0.25, -0.2) is 0 Å². The second-order valence-electron chi connectivity index (χ2n) is 4.79. The van der Waals surface area contributed by atoms with Gasteiger partial charge in [0, 0.05) is 31.2 Å². The zero-order valence-electron chi connectivity index (χ0n) is 11.5. The van der Waals surface area contributed by atoms with Gasteiger partial charge in [0.15, 0.2) is 0 Å². The first kappa shape index (κ1) is 13.6. The second-order valence-corrected chi connectivity index (χ2v) is 4.79. The third-order valence-electron chi connectivity index (χ3n) is 3.10. The molecule has 0 saturated carbocycles. The fourth-order valence-electron chi connectivity index (χ4n) is 2.21. The predicted octanol–water partition coefficient (Wildman–Crippen LogP) is 2.38. The van der Waals surface area contributed by atoms with Gasteiger partial charge < -0.3 is 5.73 Å². The normalized spacial score (nSPS) is 11.1. The number of rotatable bonds is 7. The number of nitrogen functional groups attached to an aromatic ring is 1. The van der Waals surface area contributed by atoms with Crippen molar-refractivity contribution in [2.45, 2.75) is 26.4 Å². The van der Waals surface area contributed by atoms with Gasteiger partial charge in [0.05, 0.1) is 6.54 Å². The van der Waals surface area contributed by atoms with Gasteiger partial charge >= 0.3 is 0 Å². The number of hydrogen-bond acceptors (Lipinski definition) is 3. The summed E-state index contributed by atoms with van der Waals surface area (Å²) in [5.41, 5.74) is 7.93. The highest BCUT2D eigenvalue weighted by Gasteiger charge is 2.05. The molecule has 102 valence electrons. The van der Waals surface area contributed by atoms with E-state index in [1.807, 2.05) is 35.3 Å². The molecule has 0 spiro atoms. The van der Waals surface area contributed by atoms with E-state index in [0.29, 0.717) is 0 Å². The Bertz CT molecular complexity index is 479. The van der Waals surface area contributed by atoms with Crippen LogP contribution in [-0.4, -0.2) is 27.8 Å². The summed E-state index contributed by atoms with van der Waals surface area (Å²) in [6.07, 6.45) is 4.98. The lowest BCUT2D eigenvalue weighted by molar-refractivity contribution is 0.251. The van der Waals surface area contributed by atoms with Gasteiger partial charge in [0.2, 0.25) is 0 Å². The molecule has 0 fully saturated rings. The molecule has 2 rings (SSSR count). The number of anilines is 1. The Morgan fingerprint density at radius 2 is 2.16 bits per heavy atom. The summed E-state index contributed by atoms with van der Waals surface area (Å²) in [5, 5.41) is 4.24. The quantitative estimate of drug-likeness (QED) is 0.776. The van der Waals surface area contributed by atoms with Crippen molar-refractivity contribution in [3.05, 3.63) is 48.3 Å². The van der Waals surface area contributed by atoms with Gasteiger partial charge in [0.1, 0.15) is 0 Å². The average Bonchev–Trinajstić information content (AvgIpc) is 2.89. The Balaban J connectivity index is 1.91. The van der Waals surface area contributed by atoms with Crippen LogP contribution in [0.4, 0.5) is 5.69 Å². The van der Waals surface area contributed by atoms with Gasteiger partial charge in [-0.05, 0) is 36.7 Å². The molecule has 2 aromatic rings. The predicted molar refractivity (Wildman–Crippen MR) is 78.6 cm³/mol. The summed E-state index contributed by atoms with van der Waals surface area (Å²) in [6, 6.07) is 10.1. The van der Waals surface area contributed by atoms with E-state index < -0.39 is 0 Å². The van der Waals surface area contributed by atoms with Crippen molar-refractivity contribution in [2.24, 2.45) is 0 Å². The maximum absolute atomic E-state index is 5.83. The molecule has 4 nitrogen and oxygen atoms in total. The molecule has 19 heavy (non-hydrogen) atoms. The van der Waals surface area contributed by atoms with Crippen LogP contribution in [0.2, 0.25) is 0 Å². The van der Waals surface area contributed by atoms with Crippen LogP contribution in [-0.2, 0) is 13.1 Å². The fraction of sp³-hybridized carbons (Fsp3) is 0.400. The molecule has 1 heterocycles. The van der Waals surface area contributed by atoms with Crippen LogP contribution in [0.25, 0.3) is 0 Å². The maximum Gasteiger partial charge on any atom is 0.0536 e. The Morgan fingerprint density at radius 1 is 1.26 bits per heavy atom. The summed E-state index contributed by atoms with van der Waals surface area (Å²) < 4.78 is 1.97. The minimum Gasteiger partial charge on any atom is -0.399 e. The van der Waals surface area contributed by atoms with Crippen molar-refractivity contribution in [1.29, 1.82) is 0 Å². The molecular weight excluding hydrogens is 236 g/mol. The number of hydrogen-bond donors (Lipinski definition) is 1. The molecule has 1 aromatic carbocycles. The molecule has 1 aromatic heterocycles. The monoisotopic (exact) mass is 258 g/mol. The Hall–Kier alpha value is -1.81. The van der Waals surface area contributed by atoms with Crippen molar-refractivity contribution >= 4 is 5.69 Å². The van der Waals surface area contributed by atoms with Crippen LogP contribution in [0.3, 0.4) is 0 Å². The highest BCUT2D eigenvalue weighted by molar-refractivity contribution is 5.40. The average molecular weight is 258 g/mol. The molecule has 0 unspecified atom stereocenters. The molecule has 0 amide bonds. The highest BCUT2D eigenvalue weighted by Crippen LogP contribution is 2.10. The molecule has 0 saturated heterocycles. The number of benzene rings is 1. The molecule has 0 aliphatic rings. The Kier molecular flexibility index (Phi) is 4.98. The molecule has 0 bridgehead atoms. The van der Waals surface area contributed by atoms with Crippen LogP contribution in [0.5, 0.6) is 0 Å². The van der Waals surface area contributed by atoms with Gasteiger partial charge in [0.25, 0.3) is 0 Å². The van der Waals surface area contributed by atoms with Crippen molar-refractivity contribution in [1.82, 2.24) is 14.7 Å². The van der Waals surface area contributed by atoms with Crippen molar-refractivity contribution < 1.29 is 0 Å². The van der Waals surface area contributed by atoms with Gasteiger partial charge in [-0.2, -0.15) is 5.10 Å². The Labute approximate surface area is 114 Å². The van der Waals surface area contributed by atoms with Crippen LogP contribution >= 0.6 is 0 Å². The lowest BCUT2D eigenvalue weighted by atomic mass is 10.2. The van der Waals surface area contributed by atoms with Crippen LogP contribution in [0.15, 0.2) is 42.7 Å². The van der Waals surface area contributed by atoms with Gasteiger partial charge in [-0.1, -0.05) is 19.1 Å². The summed E-state index contributed by atoms with van der Waals surface area (Å²) in [5.74, 6) is 0. The topological polar surface area (TPSA) is 47.1 Å². The zero-order chi connectivity index (χ0) is 13.5. The molecule has 0 aliphatic heterocycles. The molecule has 0 aliphatic carbocycles. The smallest absolute Gasteiger partial charge is 0.0536 e. The third-order valence-corrected chi connectivity index (χ3v) is 3.10. The first-order valence-corrected chi connectivity index (χ1v) is 6.82. The van der Waals surface area contributed by atoms with Gasteiger partial charge in [-0.3, -0.25) is 9.58 Å². The SMILES string of the molecule is CCCN(CCn1cccn1)Cc1cccc(N)c1. The van der Waals surface area contributed by atoms with E-state index in [4.69, 9.17) is 5.73 Å². The number of aromatic nitrogens is 2. The summed E-state index contributed by atoms with van der Waals surface area (Å²) >= 11 is 0. The van der Waals surface area contributed by atoms with E-state index in [1.165, 1.54) is 5.56 Å². The number of nitrogens with two attached hydrogens (primary N) is 1. The summed E-state index contributed by atoms with van der Waals surface area (Å²) in [7, 11) is 0. The molecule has 4 heteroatoms. The van der Waals surface area contributed by atoms with E-state index >= 15 is 0 Å². The fourth-order valence-corrected chi connectivity index (χ4v) is 2.21. The van der Waals surface area contributed by atoms with E-state index in [2.05, 4.69) is 29.1 Å². The second kappa shape index (κ2) is 6.95. The van der Waals surface area contributed by atoms with Crippen LogP contribution < -0.4 is 5.73 Å². The van der Waals surface area contributed by atoms with Crippen LogP contribution in [0.1, 0.15) is 18.9 Å². The first-order valence-electron chi connectivity index (χ1n) is 6.82. The molecule has 0 atom stereocenters. The first-order chi connectivity index (χ1) is 9.28. The third kappa shape index (κ3) is 4.41. The zero-order valence-corrected chi connectivity index (χ0v) is 11.5. The Morgan fingerprint density at radius 3 is 2.84 bits per heavy atom. The molecular formula is C15H22N4. The minimum absolute atomic E-state index is 0.834. The summed E-state index contributed by atoms with van der Waals surface area (Å²) in [6.45, 7) is 6.18. The molecule has 2 N–H and O–H groups in total. The molecule has 0 radical (unpaired) electrons. The minimum atomic E-state index is 0.834.